The van der Waals surface area contributed by atoms with Gasteiger partial charge in [-0.25, -0.2) is 0 Å². The van der Waals surface area contributed by atoms with Crippen LogP contribution in [0.5, 0.6) is 5.75 Å². The highest BCUT2D eigenvalue weighted by atomic mass is 32.1. The lowest BCUT2D eigenvalue weighted by molar-refractivity contribution is 0.241. The van der Waals surface area contributed by atoms with E-state index in [1.165, 1.54) is 17.5 Å². The first-order valence-corrected chi connectivity index (χ1v) is 8.43. The molecule has 4 heteroatoms. The van der Waals surface area contributed by atoms with Crippen molar-refractivity contribution in [3.63, 3.8) is 0 Å². The minimum Gasteiger partial charge on any atom is -0.497 e. The topological polar surface area (TPSA) is 24.5 Å². The molecule has 3 nitrogen and oxygen atoms in total. The van der Waals surface area contributed by atoms with Crippen LogP contribution in [0.1, 0.15) is 23.6 Å². The summed E-state index contributed by atoms with van der Waals surface area (Å²) in [5.41, 5.74) is 2.70. The second kappa shape index (κ2) is 7.07. The molecule has 0 spiro atoms. The summed E-state index contributed by atoms with van der Waals surface area (Å²) in [5, 5.41) is 7.92. The van der Waals surface area contributed by atoms with Gasteiger partial charge in [-0.2, -0.15) is 11.3 Å². The SMILES string of the molecule is COc1cccc(C(c2ccsc2)N2CCCNCC2)c1. The van der Waals surface area contributed by atoms with Gasteiger partial charge < -0.3 is 10.1 Å². The molecule has 1 aliphatic heterocycles. The molecule has 1 saturated heterocycles. The van der Waals surface area contributed by atoms with Gasteiger partial charge in [-0.1, -0.05) is 12.1 Å². The van der Waals surface area contributed by atoms with Crippen molar-refractivity contribution in [3.8, 4) is 5.75 Å². The molecule has 2 aromatic rings. The lowest BCUT2D eigenvalue weighted by Gasteiger charge is -2.30. The summed E-state index contributed by atoms with van der Waals surface area (Å²) in [7, 11) is 1.73. The number of thiophene rings is 1. The number of hydrogen-bond acceptors (Lipinski definition) is 4. The van der Waals surface area contributed by atoms with Gasteiger partial charge in [0.05, 0.1) is 13.2 Å². The van der Waals surface area contributed by atoms with Crippen LogP contribution in [0.4, 0.5) is 0 Å². The second-order valence-corrected chi connectivity index (χ2v) is 6.16. The molecule has 2 heterocycles. The van der Waals surface area contributed by atoms with E-state index in [-0.39, 0.29) is 0 Å². The number of nitrogens with one attached hydrogen (secondary N) is 1. The third-order valence-electron chi connectivity index (χ3n) is 4.01. The van der Waals surface area contributed by atoms with Gasteiger partial charge in [0, 0.05) is 19.6 Å². The van der Waals surface area contributed by atoms with Gasteiger partial charge in [-0.15, -0.1) is 0 Å². The molecule has 1 N–H and O–H groups in total. The fourth-order valence-electron chi connectivity index (χ4n) is 2.98. The molecule has 1 unspecified atom stereocenters. The predicted molar refractivity (Wildman–Crippen MR) is 88.2 cm³/mol. The molecule has 1 fully saturated rings. The van der Waals surface area contributed by atoms with Gasteiger partial charge in [0.15, 0.2) is 0 Å². The lowest BCUT2D eigenvalue weighted by Crippen LogP contribution is -2.32. The standard InChI is InChI=1S/C17H22N2OS/c1-20-16-5-2-4-14(12-16)17(15-6-11-21-13-15)19-9-3-7-18-8-10-19/h2,4-6,11-13,17-18H,3,7-10H2,1H3. The maximum Gasteiger partial charge on any atom is 0.119 e. The van der Waals surface area contributed by atoms with Crippen molar-refractivity contribution in [2.75, 3.05) is 33.3 Å². The Morgan fingerprint density at radius 1 is 1.19 bits per heavy atom. The van der Waals surface area contributed by atoms with E-state index in [1.54, 1.807) is 18.4 Å². The Hall–Kier alpha value is -1.36. The van der Waals surface area contributed by atoms with E-state index in [1.807, 2.05) is 6.07 Å². The summed E-state index contributed by atoms with van der Waals surface area (Å²) in [6.45, 7) is 4.39. The van der Waals surface area contributed by atoms with E-state index in [0.717, 1.165) is 31.9 Å². The Kier molecular flexibility index (Phi) is 4.91. The van der Waals surface area contributed by atoms with Crippen molar-refractivity contribution in [2.24, 2.45) is 0 Å². The van der Waals surface area contributed by atoms with Crippen LogP contribution in [0.2, 0.25) is 0 Å². The van der Waals surface area contributed by atoms with Crippen molar-refractivity contribution < 1.29 is 4.74 Å². The quantitative estimate of drug-likeness (QED) is 0.939. The zero-order valence-corrected chi connectivity index (χ0v) is 13.2. The highest BCUT2D eigenvalue weighted by molar-refractivity contribution is 7.08. The van der Waals surface area contributed by atoms with Crippen LogP contribution < -0.4 is 10.1 Å². The number of methoxy groups -OCH3 is 1. The van der Waals surface area contributed by atoms with Gasteiger partial charge in [0.25, 0.3) is 0 Å². The number of rotatable bonds is 4. The number of benzene rings is 1. The van der Waals surface area contributed by atoms with E-state index >= 15 is 0 Å². The molecule has 3 rings (SSSR count). The van der Waals surface area contributed by atoms with Gasteiger partial charge in [-0.05, 0) is 53.1 Å². The van der Waals surface area contributed by atoms with Crippen LogP contribution in [0.15, 0.2) is 41.1 Å². The smallest absolute Gasteiger partial charge is 0.119 e. The Labute approximate surface area is 130 Å². The third-order valence-corrected chi connectivity index (χ3v) is 4.71. The summed E-state index contributed by atoms with van der Waals surface area (Å²) in [4.78, 5) is 2.58. The predicted octanol–water partition coefficient (Wildman–Crippen LogP) is 3.14. The van der Waals surface area contributed by atoms with Gasteiger partial charge in [0.1, 0.15) is 5.75 Å². The molecule has 1 atom stereocenters. The van der Waals surface area contributed by atoms with Crippen molar-refractivity contribution in [1.29, 1.82) is 0 Å². The van der Waals surface area contributed by atoms with E-state index in [9.17, 15) is 0 Å². The molecule has 112 valence electrons. The van der Waals surface area contributed by atoms with Gasteiger partial charge in [-0.3, -0.25) is 4.90 Å². The Balaban J connectivity index is 1.95. The largest absolute Gasteiger partial charge is 0.497 e. The first kappa shape index (κ1) is 14.6. The summed E-state index contributed by atoms with van der Waals surface area (Å²) in [5.74, 6) is 0.931. The zero-order valence-electron chi connectivity index (χ0n) is 12.4. The maximum absolute atomic E-state index is 5.41. The van der Waals surface area contributed by atoms with Crippen molar-refractivity contribution in [3.05, 3.63) is 52.2 Å². The molecule has 1 aromatic carbocycles. The Morgan fingerprint density at radius 3 is 2.95 bits per heavy atom. The summed E-state index contributed by atoms with van der Waals surface area (Å²) >= 11 is 1.77. The van der Waals surface area contributed by atoms with Crippen LogP contribution in [-0.4, -0.2) is 38.2 Å². The average Bonchev–Trinajstić information content (AvgIpc) is 2.91. The molecular weight excluding hydrogens is 280 g/mol. The van der Waals surface area contributed by atoms with Crippen LogP contribution in [0.25, 0.3) is 0 Å². The molecule has 0 radical (unpaired) electrons. The monoisotopic (exact) mass is 302 g/mol. The van der Waals surface area contributed by atoms with Crippen molar-refractivity contribution in [2.45, 2.75) is 12.5 Å². The van der Waals surface area contributed by atoms with E-state index < -0.39 is 0 Å². The molecule has 1 aromatic heterocycles. The van der Waals surface area contributed by atoms with Crippen molar-refractivity contribution in [1.82, 2.24) is 10.2 Å². The van der Waals surface area contributed by atoms with Crippen LogP contribution >= 0.6 is 11.3 Å². The molecule has 1 aliphatic rings. The minimum absolute atomic E-state index is 0.325. The highest BCUT2D eigenvalue weighted by Crippen LogP contribution is 2.32. The minimum atomic E-state index is 0.325. The van der Waals surface area contributed by atoms with E-state index in [0.29, 0.717) is 6.04 Å². The summed E-state index contributed by atoms with van der Waals surface area (Å²) < 4.78 is 5.41. The Morgan fingerprint density at radius 2 is 2.14 bits per heavy atom. The lowest BCUT2D eigenvalue weighted by atomic mass is 9.99. The number of nitrogens with zero attached hydrogens (tertiary/aromatic N) is 1. The zero-order chi connectivity index (χ0) is 14.5. The molecule has 0 saturated carbocycles. The first-order valence-electron chi connectivity index (χ1n) is 7.49. The molecule has 0 aliphatic carbocycles. The summed E-state index contributed by atoms with van der Waals surface area (Å²) in [6, 6.07) is 11.0. The molecular formula is C17H22N2OS. The fraction of sp³-hybridized carbons (Fsp3) is 0.412. The molecule has 0 bridgehead atoms. The normalized spacial score (nSPS) is 18.1. The molecule has 0 amide bonds. The van der Waals surface area contributed by atoms with Crippen LogP contribution in [0, 0.1) is 0 Å². The fourth-order valence-corrected chi connectivity index (χ4v) is 3.66. The molecule has 21 heavy (non-hydrogen) atoms. The van der Waals surface area contributed by atoms with E-state index in [2.05, 4.69) is 45.2 Å². The number of hydrogen-bond donors (Lipinski definition) is 1. The van der Waals surface area contributed by atoms with Gasteiger partial charge in [0.2, 0.25) is 0 Å². The first-order chi connectivity index (χ1) is 10.4. The highest BCUT2D eigenvalue weighted by Gasteiger charge is 2.23. The van der Waals surface area contributed by atoms with E-state index in [4.69, 9.17) is 4.74 Å². The average molecular weight is 302 g/mol. The Bertz CT molecular complexity index is 548. The van der Waals surface area contributed by atoms with Crippen molar-refractivity contribution >= 4 is 11.3 Å². The summed E-state index contributed by atoms with van der Waals surface area (Å²) in [6.07, 6.45) is 1.20. The second-order valence-electron chi connectivity index (χ2n) is 5.38. The maximum atomic E-state index is 5.41. The van der Waals surface area contributed by atoms with Gasteiger partial charge >= 0.3 is 0 Å². The third kappa shape index (κ3) is 3.46. The number of ether oxygens (including phenoxy) is 1. The van der Waals surface area contributed by atoms with Crippen LogP contribution in [0.3, 0.4) is 0 Å². The van der Waals surface area contributed by atoms with Crippen LogP contribution in [-0.2, 0) is 0 Å².